The number of fused-ring (bicyclic) bond motifs is 2. The summed E-state index contributed by atoms with van der Waals surface area (Å²) in [5, 5.41) is 9.49. The number of nitrogens with zero attached hydrogens (tertiary/aromatic N) is 3. The number of likely N-dealkylation sites (N-methyl/N-ethyl adjacent to an activating group) is 1. The van der Waals surface area contributed by atoms with Crippen molar-refractivity contribution < 1.29 is 14.4 Å². The number of hydrogen-bond donors (Lipinski definition) is 2. The molecule has 2 N–H and O–H groups in total. The van der Waals surface area contributed by atoms with Gasteiger partial charge in [-0.1, -0.05) is 13.8 Å². The number of hydrogen-bond acceptors (Lipinski definition) is 4. The Labute approximate surface area is 175 Å². The Kier molecular flexibility index (Phi) is 5.09. The van der Waals surface area contributed by atoms with Crippen molar-refractivity contribution in [3.05, 3.63) is 47.3 Å². The van der Waals surface area contributed by atoms with Gasteiger partial charge in [-0.25, -0.2) is 0 Å². The minimum atomic E-state index is -0.668. The smallest absolute Gasteiger partial charge is 0.251 e. The van der Waals surface area contributed by atoms with Crippen molar-refractivity contribution in [1.82, 2.24) is 20.4 Å². The van der Waals surface area contributed by atoms with Crippen LogP contribution in [0.1, 0.15) is 48.2 Å². The SMILES string of the molecule is CC(C)C(=O)N1CCC2(CC1)C(=O)N(C)c1ccc(C(=O)NCc3cn[nH]c3)cc12. The number of nitrogens with one attached hydrogen (secondary N) is 2. The van der Waals surface area contributed by atoms with Gasteiger partial charge in [0.25, 0.3) is 5.91 Å². The lowest BCUT2D eigenvalue weighted by Crippen LogP contribution is -2.50. The van der Waals surface area contributed by atoms with Crippen molar-refractivity contribution in [2.75, 3.05) is 25.0 Å². The number of rotatable bonds is 4. The molecule has 0 saturated carbocycles. The number of carbonyl (C=O) groups excluding carboxylic acids is 3. The van der Waals surface area contributed by atoms with Crippen LogP contribution in [-0.4, -0.2) is 53.0 Å². The molecule has 3 amide bonds. The lowest BCUT2D eigenvalue weighted by Gasteiger charge is -2.39. The van der Waals surface area contributed by atoms with E-state index in [-0.39, 0.29) is 23.6 Å². The van der Waals surface area contributed by atoms with Gasteiger partial charge in [0.15, 0.2) is 0 Å². The number of amides is 3. The first-order valence-corrected chi connectivity index (χ1v) is 10.3. The standard InChI is InChI=1S/C22H27N5O3/c1-14(2)20(29)27-8-6-22(7-9-27)17-10-16(4-5-18(17)26(3)21(22)30)19(28)23-11-15-12-24-25-13-15/h4-5,10,12-14H,6-9,11H2,1-3H3,(H,23,28)(H,24,25). The van der Waals surface area contributed by atoms with Crippen molar-refractivity contribution >= 4 is 23.4 Å². The first-order valence-electron chi connectivity index (χ1n) is 10.3. The summed E-state index contributed by atoms with van der Waals surface area (Å²) in [6, 6.07) is 5.45. The van der Waals surface area contributed by atoms with E-state index in [4.69, 9.17) is 0 Å². The van der Waals surface area contributed by atoms with Gasteiger partial charge < -0.3 is 15.1 Å². The first-order chi connectivity index (χ1) is 14.3. The number of likely N-dealkylation sites (tertiary alicyclic amines) is 1. The second-order valence-electron chi connectivity index (χ2n) is 8.45. The van der Waals surface area contributed by atoms with E-state index in [0.717, 1.165) is 16.8 Å². The van der Waals surface area contributed by atoms with Gasteiger partial charge in [0, 0.05) is 55.6 Å². The summed E-state index contributed by atoms with van der Waals surface area (Å²) in [7, 11) is 1.78. The predicted molar refractivity (Wildman–Crippen MR) is 112 cm³/mol. The van der Waals surface area contributed by atoms with Crippen LogP contribution < -0.4 is 10.2 Å². The number of aromatic nitrogens is 2. The van der Waals surface area contributed by atoms with Gasteiger partial charge in [0.1, 0.15) is 0 Å². The molecule has 3 heterocycles. The third-order valence-corrected chi connectivity index (χ3v) is 6.28. The first kappa shape index (κ1) is 20.1. The molecule has 1 saturated heterocycles. The van der Waals surface area contributed by atoms with Crippen LogP contribution >= 0.6 is 0 Å². The highest BCUT2D eigenvalue weighted by Crippen LogP contribution is 2.47. The van der Waals surface area contributed by atoms with Crippen LogP contribution in [-0.2, 0) is 21.5 Å². The zero-order valence-corrected chi connectivity index (χ0v) is 17.6. The van der Waals surface area contributed by atoms with E-state index in [1.807, 2.05) is 30.9 Å². The molecule has 2 aromatic rings. The molecule has 0 atom stereocenters. The largest absolute Gasteiger partial charge is 0.348 e. The fourth-order valence-electron chi connectivity index (χ4n) is 4.51. The molecular formula is C22H27N5O3. The highest BCUT2D eigenvalue weighted by molar-refractivity contribution is 6.09. The van der Waals surface area contributed by atoms with Gasteiger partial charge in [0.2, 0.25) is 11.8 Å². The zero-order chi connectivity index (χ0) is 21.5. The Balaban J connectivity index is 1.57. The van der Waals surface area contributed by atoms with Gasteiger partial charge in [-0.2, -0.15) is 5.10 Å². The minimum absolute atomic E-state index is 0.0464. The van der Waals surface area contributed by atoms with Crippen LogP contribution in [0.4, 0.5) is 5.69 Å². The molecule has 0 bridgehead atoms. The Morgan fingerprint density at radius 1 is 1.27 bits per heavy atom. The second-order valence-corrected chi connectivity index (χ2v) is 8.45. The molecule has 0 aliphatic carbocycles. The van der Waals surface area contributed by atoms with E-state index in [9.17, 15) is 14.4 Å². The lowest BCUT2D eigenvalue weighted by molar-refractivity contribution is -0.138. The Bertz CT molecular complexity index is 975. The third-order valence-electron chi connectivity index (χ3n) is 6.28. The monoisotopic (exact) mass is 409 g/mol. The third kappa shape index (κ3) is 3.26. The Morgan fingerprint density at radius 2 is 2.00 bits per heavy atom. The van der Waals surface area contributed by atoms with Crippen LogP contribution in [0.25, 0.3) is 0 Å². The summed E-state index contributed by atoms with van der Waals surface area (Å²) in [4.78, 5) is 41.8. The molecule has 0 radical (unpaired) electrons. The molecule has 30 heavy (non-hydrogen) atoms. The quantitative estimate of drug-likeness (QED) is 0.805. The molecule has 158 valence electrons. The number of carbonyl (C=O) groups is 3. The Morgan fingerprint density at radius 3 is 2.63 bits per heavy atom. The van der Waals surface area contributed by atoms with Crippen molar-refractivity contribution in [1.29, 1.82) is 0 Å². The van der Waals surface area contributed by atoms with E-state index in [1.54, 1.807) is 30.4 Å². The molecule has 1 spiro atoms. The number of aromatic amines is 1. The van der Waals surface area contributed by atoms with Gasteiger partial charge in [-0.15, -0.1) is 0 Å². The maximum absolute atomic E-state index is 13.2. The van der Waals surface area contributed by atoms with Crippen LogP contribution in [0.15, 0.2) is 30.6 Å². The topological polar surface area (TPSA) is 98.4 Å². The maximum Gasteiger partial charge on any atom is 0.251 e. The van der Waals surface area contributed by atoms with E-state index in [0.29, 0.717) is 38.0 Å². The fourth-order valence-corrected chi connectivity index (χ4v) is 4.51. The van der Waals surface area contributed by atoms with E-state index in [1.165, 1.54) is 0 Å². The van der Waals surface area contributed by atoms with Crippen molar-refractivity contribution in [2.45, 2.75) is 38.6 Å². The zero-order valence-electron chi connectivity index (χ0n) is 17.6. The summed E-state index contributed by atoms with van der Waals surface area (Å²) in [6.07, 6.45) is 4.54. The highest BCUT2D eigenvalue weighted by atomic mass is 16.2. The highest BCUT2D eigenvalue weighted by Gasteiger charge is 2.51. The molecule has 2 aliphatic heterocycles. The van der Waals surface area contributed by atoms with Crippen molar-refractivity contribution in [2.24, 2.45) is 5.92 Å². The second kappa shape index (κ2) is 7.59. The van der Waals surface area contributed by atoms with E-state index >= 15 is 0 Å². The lowest BCUT2D eigenvalue weighted by atomic mass is 9.73. The normalized spacial score (nSPS) is 17.5. The maximum atomic E-state index is 13.2. The summed E-state index contributed by atoms with van der Waals surface area (Å²) >= 11 is 0. The van der Waals surface area contributed by atoms with Crippen molar-refractivity contribution in [3.8, 4) is 0 Å². The molecule has 2 aliphatic rings. The summed E-state index contributed by atoms with van der Waals surface area (Å²) in [6.45, 7) is 5.26. The molecule has 8 nitrogen and oxygen atoms in total. The number of H-pyrrole nitrogens is 1. The van der Waals surface area contributed by atoms with Crippen LogP contribution in [0.5, 0.6) is 0 Å². The molecule has 1 aromatic heterocycles. The molecule has 8 heteroatoms. The number of benzene rings is 1. The van der Waals surface area contributed by atoms with E-state index in [2.05, 4.69) is 15.5 Å². The van der Waals surface area contributed by atoms with E-state index < -0.39 is 5.41 Å². The average Bonchev–Trinajstić information content (AvgIpc) is 3.34. The fraction of sp³-hybridized carbons (Fsp3) is 0.455. The van der Waals surface area contributed by atoms with Crippen LogP contribution in [0, 0.1) is 5.92 Å². The van der Waals surface area contributed by atoms with Crippen LogP contribution in [0.3, 0.4) is 0 Å². The van der Waals surface area contributed by atoms with Gasteiger partial charge in [-0.05, 0) is 36.6 Å². The van der Waals surface area contributed by atoms with Gasteiger partial charge in [0.05, 0.1) is 11.6 Å². The number of piperidine rings is 1. The minimum Gasteiger partial charge on any atom is -0.348 e. The molecule has 1 aromatic carbocycles. The summed E-state index contributed by atoms with van der Waals surface area (Å²) in [5.74, 6) is -0.0799. The van der Waals surface area contributed by atoms with Crippen LogP contribution in [0.2, 0.25) is 0 Å². The molecular weight excluding hydrogens is 382 g/mol. The summed E-state index contributed by atoms with van der Waals surface area (Å²) < 4.78 is 0. The predicted octanol–water partition coefficient (Wildman–Crippen LogP) is 1.83. The van der Waals surface area contributed by atoms with Gasteiger partial charge >= 0.3 is 0 Å². The summed E-state index contributed by atoms with van der Waals surface area (Å²) in [5.41, 5.74) is 2.48. The average molecular weight is 409 g/mol. The molecule has 4 rings (SSSR count). The van der Waals surface area contributed by atoms with Crippen molar-refractivity contribution in [3.63, 3.8) is 0 Å². The molecule has 1 fully saturated rings. The Hall–Kier alpha value is -3.16. The van der Waals surface area contributed by atoms with Gasteiger partial charge in [-0.3, -0.25) is 19.5 Å². The molecule has 0 unspecified atom stereocenters. The number of anilines is 1.